The maximum Gasteiger partial charge on any atom is 0.257 e. The van der Waals surface area contributed by atoms with E-state index in [4.69, 9.17) is 0 Å². The van der Waals surface area contributed by atoms with Crippen LogP contribution in [0.3, 0.4) is 0 Å². The summed E-state index contributed by atoms with van der Waals surface area (Å²) in [5.41, 5.74) is 3.82. The molecule has 0 radical (unpaired) electrons. The normalized spacial score (nSPS) is 15.0. The largest absolute Gasteiger partial charge is 0.336 e. The monoisotopic (exact) mass is 438 g/mol. The molecule has 0 unspecified atom stereocenters. The first-order valence-corrected chi connectivity index (χ1v) is 10.3. The zero-order valence-corrected chi connectivity index (χ0v) is 17.5. The highest BCUT2D eigenvalue weighted by Gasteiger charge is 2.25. The van der Waals surface area contributed by atoms with Crippen molar-refractivity contribution in [1.82, 2.24) is 19.6 Å². The van der Waals surface area contributed by atoms with E-state index in [1.807, 2.05) is 46.8 Å². The third-order valence-corrected chi connectivity index (χ3v) is 5.75. The van der Waals surface area contributed by atoms with E-state index in [1.54, 1.807) is 6.20 Å². The molecule has 0 atom stereocenters. The van der Waals surface area contributed by atoms with Crippen LogP contribution in [0.4, 0.5) is 0 Å². The first-order valence-electron chi connectivity index (χ1n) is 9.48. The average Bonchev–Trinajstić information content (AvgIpc) is 3.11. The van der Waals surface area contributed by atoms with Gasteiger partial charge in [-0.2, -0.15) is 5.10 Å². The molecule has 0 aliphatic carbocycles. The van der Waals surface area contributed by atoms with Crippen LogP contribution in [0.2, 0.25) is 0 Å². The van der Waals surface area contributed by atoms with Gasteiger partial charge in [-0.1, -0.05) is 46.3 Å². The number of nitrogens with zero attached hydrogens (tertiary/aromatic N) is 4. The molecule has 0 spiro atoms. The number of aromatic nitrogens is 2. The molecule has 5 nitrogen and oxygen atoms in total. The summed E-state index contributed by atoms with van der Waals surface area (Å²) in [6, 6.07) is 18.4. The zero-order valence-electron chi connectivity index (χ0n) is 15.9. The molecule has 2 aromatic carbocycles. The molecule has 2 heterocycles. The fourth-order valence-corrected chi connectivity index (χ4v) is 3.85. The van der Waals surface area contributed by atoms with Crippen LogP contribution in [-0.2, 0) is 6.54 Å². The minimum Gasteiger partial charge on any atom is -0.336 e. The van der Waals surface area contributed by atoms with Crippen molar-refractivity contribution in [3.05, 3.63) is 82.1 Å². The molecular weight excluding hydrogens is 416 g/mol. The summed E-state index contributed by atoms with van der Waals surface area (Å²) < 4.78 is 2.84. The standard InChI is InChI=1S/C22H23BrN4O/c1-17-21(15-24-27(17)20-9-7-19(23)8-10-20)22(28)26-13-11-25(12-14-26)16-18-5-3-2-4-6-18/h2-10,15H,11-14,16H2,1H3. The van der Waals surface area contributed by atoms with E-state index in [0.29, 0.717) is 5.56 Å². The Hall–Kier alpha value is -2.44. The van der Waals surface area contributed by atoms with Crippen molar-refractivity contribution >= 4 is 21.8 Å². The van der Waals surface area contributed by atoms with E-state index >= 15 is 0 Å². The van der Waals surface area contributed by atoms with Gasteiger partial charge in [-0.25, -0.2) is 4.68 Å². The van der Waals surface area contributed by atoms with Crippen LogP contribution in [0.15, 0.2) is 65.3 Å². The number of benzene rings is 2. The van der Waals surface area contributed by atoms with E-state index in [2.05, 4.69) is 50.2 Å². The van der Waals surface area contributed by atoms with Crippen LogP contribution in [-0.4, -0.2) is 51.7 Å². The highest BCUT2D eigenvalue weighted by Crippen LogP contribution is 2.19. The Labute approximate surface area is 173 Å². The van der Waals surface area contributed by atoms with Gasteiger partial charge in [0.05, 0.1) is 23.1 Å². The van der Waals surface area contributed by atoms with Gasteiger partial charge >= 0.3 is 0 Å². The second-order valence-corrected chi connectivity index (χ2v) is 8.00. The number of hydrogen-bond acceptors (Lipinski definition) is 3. The van der Waals surface area contributed by atoms with Crippen molar-refractivity contribution in [3.8, 4) is 5.69 Å². The Kier molecular flexibility index (Phi) is 5.59. The maximum absolute atomic E-state index is 13.0. The van der Waals surface area contributed by atoms with E-state index in [0.717, 1.165) is 48.6 Å². The van der Waals surface area contributed by atoms with Crippen molar-refractivity contribution in [1.29, 1.82) is 0 Å². The smallest absolute Gasteiger partial charge is 0.257 e. The topological polar surface area (TPSA) is 41.4 Å². The first-order chi connectivity index (χ1) is 13.6. The molecule has 6 heteroatoms. The fraction of sp³-hybridized carbons (Fsp3) is 0.273. The average molecular weight is 439 g/mol. The minimum absolute atomic E-state index is 0.0697. The predicted octanol–water partition coefficient (Wildman–Crippen LogP) is 3.90. The highest BCUT2D eigenvalue weighted by atomic mass is 79.9. The molecule has 0 bridgehead atoms. The Bertz CT molecular complexity index is 944. The summed E-state index contributed by atoms with van der Waals surface area (Å²) in [6.45, 7) is 6.15. The number of piperazine rings is 1. The van der Waals surface area contributed by atoms with E-state index in [-0.39, 0.29) is 5.91 Å². The number of carbonyl (C=O) groups excluding carboxylic acids is 1. The summed E-state index contributed by atoms with van der Waals surface area (Å²) in [6.07, 6.45) is 1.69. The van der Waals surface area contributed by atoms with Gasteiger partial charge in [-0.15, -0.1) is 0 Å². The van der Waals surface area contributed by atoms with Crippen LogP contribution in [0, 0.1) is 6.92 Å². The van der Waals surface area contributed by atoms with Gasteiger partial charge in [0.25, 0.3) is 5.91 Å². The van der Waals surface area contributed by atoms with E-state index in [1.165, 1.54) is 5.56 Å². The van der Waals surface area contributed by atoms with E-state index < -0.39 is 0 Å². The molecule has 1 amide bonds. The lowest BCUT2D eigenvalue weighted by Gasteiger charge is -2.34. The molecule has 28 heavy (non-hydrogen) atoms. The highest BCUT2D eigenvalue weighted by molar-refractivity contribution is 9.10. The minimum atomic E-state index is 0.0697. The van der Waals surface area contributed by atoms with Gasteiger partial charge in [0.2, 0.25) is 0 Å². The van der Waals surface area contributed by atoms with E-state index in [9.17, 15) is 4.79 Å². The summed E-state index contributed by atoms with van der Waals surface area (Å²) in [7, 11) is 0. The molecule has 1 aromatic heterocycles. The molecule has 3 aromatic rings. The lowest BCUT2D eigenvalue weighted by Crippen LogP contribution is -2.48. The second-order valence-electron chi connectivity index (χ2n) is 7.09. The Balaban J connectivity index is 1.41. The second kappa shape index (κ2) is 8.29. The Morgan fingerprint density at radius 2 is 1.68 bits per heavy atom. The fourth-order valence-electron chi connectivity index (χ4n) is 3.58. The molecule has 0 saturated carbocycles. The van der Waals surface area contributed by atoms with Crippen LogP contribution >= 0.6 is 15.9 Å². The molecule has 1 aliphatic heterocycles. The van der Waals surface area contributed by atoms with Crippen LogP contribution in [0.25, 0.3) is 5.69 Å². The zero-order chi connectivity index (χ0) is 19.5. The molecular formula is C22H23BrN4O. The lowest BCUT2D eigenvalue weighted by molar-refractivity contribution is 0.0627. The summed E-state index contributed by atoms with van der Waals surface area (Å²) >= 11 is 3.45. The molecule has 0 N–H and O–H groups in total. The van der Waals surface area contributed by atoms with Crippen molar-refractivity contribution in [3.63, 3.8) is 0 Å². The van der Waals surface area contributed by atoms with Gasteiger partial charge in [-0.05, 0) is 36.8 Å². The third-order valence-electron chi connectivity index (χ3n) is 5.22. The lowest BCUT2D eigenvalue weighted by atomic mass is 10.1. The quantitative estimate of drug-likeness (QED) is 0.619. The summed E-state index contributed by atoms with van der Waals surface area (Å²) in [5, 5.41) is 4.45. The van der Waals surface area contributed by atoms with Crippen molar-refractivity contribution in [2.24, 2.45) is 0 Å². The van der Waals surface area contributed by atoms with Gasteiger partial charge in [0.15, 0.2) is 0 Å². The first kappa shape index (κ1) is 18.9. The number of carbonyl (C=O) groups is 1. The summed E-state index contributed by atoms with van der Waals surface area (Å²) in [4.78, 5) is 17.4. The summed E-state index contributed by atoms with van der Waals surface area (Å²) in [5.74, 6) is 0.0697. The van der Waals surface area contributed by atoms with Crippen LogP contribution in [0.5, 0.6) is 0 Å². The Morgan fingerprint density at radius 3 is 2.36 bits per heavy atom. The van der Waals surface area contributed by atoms with Crippen LogP contribution < -0.4 is 0 Å². The molecule has 144 valence electrons. The van der Waals surface area contributed by atoms with Gasteiger partial charge < -0.3 is 4.90 Å². The van der Waals surface area contributed by atoms with Gasteiger partial charge in [0.1, 0.15) is 0 Å². The van der Waals surface area contributed by atoms with Gasteiger partial charge in [-0.3, -0.25) is 9.69 Å². The third kappa shape index (κ3) is 4.03. The molecule has 1 aliphatic rings. The number of amides is 1. The molecule has 4 rings (SSSR count). The molecule has 1 saturated heterocycles. The Morgan fingerprint density at radius 1 is 1.00 bits per heavy atom. The van der Waals surface area contributed by atoms with Crippen molar-refractivity contribution < 1.29 is 4.79 Å². The number of rotatable bonds is 4. The van der Waals surface area contributed by atoms with Gasteiger partial charge in [0, 0.05) is 37.2 Å². The van der Waals surface area contributed by atoms with Crippen molar-refractivity contribution in [2.75, 3.05) is 26.2 Å². The SMILES string of the molecule is Cc1c(C(=O)N2CCN(Cc3ccccc3)CC2)cnn1-c1ccc(Br)cc1. The van der Waals surface area contributed by atoms with Crippen LogP contribution in [0.1, 0.15) is 21.6 Å². The maximum atomic E-state index is 13.0. The number of hydrogen-bond donors (Lipinski definition) is 0. The van der Waals surface area contributed by atoms with Crippen molar-refractivity contribution in [2.45, 2.75) is 13.5 Å². The number of halogens is 1. The predicted molar refractivity (Wildman–Crippen MR) is 114 cm³/mol. The molecule has 1 fully saturated rings.